The van der Waals surface area contributed by atoms with Crippen LogP contribution in [-0.4, -0.2) is 50.1 Å². The molecule has 3 aromatic rings. The van der Waals surface area contributed by atoms with Crippen molar-refractivity contribution >= 4 is 46.4 Å². The van der Waals surface area contributed by atoms with E-state index in [1.54, 1.807) is 42.7 Å². The minimum Gasteiger partial charge on any atom is -0.493 e. The smallest absolute Gasteiger partial charge is 0.262 e. The first-order valence-corrected chi connectivity index (χ1v) is 12.7. The van der Waals surface area contributed by atoms with Gasteiger partial charge >= 0.3 is 0 Å². The molecule has 1 fully saturated rings. The van der Waals surface area contributed by atoms with Gasteiger partial charge in [-0.3, -0.25) is 14.6 Å². The van der Waals surface area contributed by atoms with Crippen LogP contribution in [0.15, 0.2) is 60.9 Å². The van der Waals surface area contributed by atoms with E-state index in [0.29, 0.717) is 39.5 Å². The molecule has 1 aliphatic rings. The zero-order valence-corrected chi connectivity index (χ0v) is 21.9. The Morgan fingerprint density at radius 2 is 1.78 bits per heavy atom. The first-order chi connectivity index (χ1) is 17.9. The van der Waals surface area contributed by atoms with Crippen LogP contribution in [0.3, 0.4) is 0 Å². The molecular formula is C27H28Cl2N4O4. The first-order valence-electron chi connectivity index (χ1n) is 11.9. The summed E-state index contributed by atoms with van der Waals surface area (Å²) < 4.78 is 11.0. The Balaban J connectivity index is 1.29. The molecule has 0 unspecified atom stereocenters. The van der Waals surface area contributed by atoms with Gasteiger partial charge in [0, 0.05) is 48.3 Å². The highest BCUT2D eigenvalue weighted by Crippen LogP contribution is 2.29. The predicted octanol–water partition coefficient (Wildman–Crippen LogP) is 5.06. The van der Waals surface area contributed by atoms with Crippen LogP contribution < -0.4 is 25.0 Å². The number of ether oxygens (including phenoxy) is 2. The van der Waals surface area contributed by atoms with E-state index in [0.717, 1.165) is 25.9 Å². The highest BCUT2D eigenvalue weighted by molar-refractivity contribution is 6.36. The Morgan fingerprint density at radius 1 is 1.03 bits per heavy atom. The SMILES string of the molecule is COc1ccc(C(=O)NCC2CCN(c3ccncc3)CC2)cc1OCC(=O)Nc1ccc(Cl)cc1Cl. The van der Waals surface area contributed by atoms with Crippen molar-refractivity contribution in [2.45, 2.75) is 12.8 Å². The Morgan fingerprint density at radius 3 is 2.49 bits per heavy atom. The minimum atomic E-state index is -0.417. The lowest BCUT2D eigenvalue weighted by Gasteiger charge is -2.33. The van der Waals surface area contributed by atoms with Crippen molar-refractivity contribution in [2.24, 2.45) is 5.92 Å². The monoisotopic (exact) mass is 542 g/mol. The molecule has 0 bridgehead atoms. The van der Waals surface area contributed by atoms with Gasteiger partial charge in [0.15, 0.2) is 18.1 Å². The van der Waals surface area contributed by atoms with Crippen molar-refractivity contribution in [1.82, 2.24) is 10.3 Å². The molecule has 1 aliphatic heterocycles. The number of rotatable bonds is 9. The van der Waals surface area contributed by atoms with Crippen LogP contribution in [0.4, 0.5) is 11.4 Å². The van der Waals surface area contributed by atoms with Crippen LogP contribution in [0.2, 0.25) is 10.0 Å². The number of amides is 2. The number of nitrogens with one attached hydrogen (secondary N) is 2. The molecule has 37 heavy (non-hydrogen) atoms. The van der Waals surface area contributed by atoms with E-state index in [1.165, 1.54) is 18.9 Å². The summed E-state index contributed by atoms with van der Waals surface area (Å²) in [6.45, 7) is 2.18. The van der Waals surface area contributed by atoms with Crippen LogP contribution >= 0.6 is 23.2 Å². The van der Waals surface area contributed by atoms with Crippen molar-refractivity contribution in [3.63, 3.8) is 0 Å². The molecular weight excluding hydrogens is 515 g/mol. The maximum Gasteiger partial charge on any atom is 0.262 e. The second-order valence-electron chi connectivity index (χ2n) is 8.67. The second kappa shape index (κ2) is 12.7. The molecule has 0 radical (unpaired) electrons. The Hall–Kier alpha value is -3.49. The van der Waals surface area contributed by atoms with Gasteiger partial charge in [0.05, 0.1) is 17.8 Å². The number of halogens is 2. The molecule has 4 rings (SSSR count). The van der Waals surface area contributed by atoms with Gasteiger partial charge in [-0.05, 0) is 67.3 Å². The van der Waals surface area contributed by atoms with Crippen molar-refractivity contribution in [3.8, 4) is 11.5 Å². The van der Waals surface area contributed by atoms with E-state index in [1.807, 2.05) is 12.1 Å². The number of anilines is 2. The highest BCUT2D eigenvalue weighted by atomic mass is 35.5. The van der Waals surface area contributed by atoms with Crippen molar-refractivity contribution < 1.29 is 19.1 Å². The third kappa shape index (κ3) is 7.27. The highest BCUT2D eigenvalue weighted by Gasteiger charge is 2.21. The molecule has 194 valence electrons. The topological polar surface area (TPSA) is 92.8 Å². The summed E-state index contributed by atoms with van der Waals surface area (Å²) in [5, 5.41) is 6.49. The van der Waals surface area contributed by atoms with Crippen molar-refractivity contribution in [2.75, 3.05) is 43.6 Å². The van der Waals surface area contributed by atoms with Gasteiger partial charge < -0.3 is 25.0 Å². The van der Waals surface area contributed by atoms with Gasteiger partial charge in [0.25, 0.3) is 11.8 Å². The predicted molar refractivity (Wildman–Crippen MR) is 145 cm³/mol. The van der Waals surface area contributed by atoms with Crippen LogP contribution in [-0.2, 0) is 4.79 Å². The quantitative estimate of drug-likeness (QED) is 0.392. The van der Waals surface area contributed by atoms with E-state index in [4.69, 9.17) is 32.7 Å². The second-order valence-corrected chi connectivity index (χ2v) is 9.52. The molecule has 0 saturated carbocycles. The maximum absolute atomic E-state index is 12.8. The van der Waals surface area contributed by atoms with E-state index in [2.05, 4.69) is 20.5 Å². The average Bonchev–Trinajstić information content (AvgIpc) is 2.92. The van der Waals surface area contributed by atoms with Crippen LogP contribution in [0, 0.1) is 5.92 Å². The number of carbonyl (C=O) groups excluding carboxylic acids is 2. The molecule has 1 aromatic heterocycles. The molecule has 1 saturated heterocycles. The van der Waals surface area contributed by atoms with E-state index >= 15 is 0 Å². The lowest BCUT2D eigenvalue weighted by atomic mass is 9.96. The average molecular weight is 543 g/mol. The van der Waals surface area contributed by atoms with Gasteiger partial charge in [-0.2, -0.15) is 0 Å². The fraction of sp³-hybridized carbons (Fsp3) is 0.296. The van der Waals surface area contributed by atoms with Gasteiger partial charge in [-0.25, -0.2) is 0 Å². The molecule has 8 nitrogen and oxygen atoms in total. The molecule has 10 heteroatoms. The fourth-order valence-electron chi connectivity index (χ4n) is 4.14. The zero-order valence-electron chi connectivity index (χ0n) is 20.4. The Bertz CT molecular complexity index is 1230. The van der Waals surface area contributed by atoms with Gasteiger partial charge in [-0.1, -0.05) is 23.2 Å². The number of hydrogen-bond donors (Lipinski definition) is 2. The molecule has 2 amide bonds. The summed E-state index contributed by atoms with van der Waals surface area (Å²) >= 11 is 12.0. The molecule has 2 aromatic carbocycles. The van der Waals surface area contributed by atoms with Crippen LogP contribution in [0.25, 0.3) is 0 Å². The van der Waals surface area contributed by atoms with E-state index in [9.17, 15) is 9.59 Å². The third-order valence-electron chi connectivity index (χ3n) is 6.18. The summed E-state index contributed by atoms with van der Waals surface area (Å²) in [6, 6.07) is 13.7. The van der Waals surface area contributed by atoms with Crippen LogP contribution in [0.5, 0.6) is 11.5 Å². The summed E-state index contributed by atoms with van der Waals surface area (Å²) in [5.74, 6) is 0.482. The Kier molecular flexibility index (Phi) is 9.09. The number of methoxy groups -OCH3 is 1. The number of piperidine rings is 1. The maximum atomic E-state index is 12.8. The van der Waals surface area contributed by atoms with Crippen molar-refractivity contribution in [3.05, 3.63) is 76.5 Å². The normalized spacial score (nSPS) is 13.6. The summed E-state index contributed by atoms with van der Waals surface area (Å²) in [6.07, 6.45) is 5.59. The number of hydrogen-bond acceptors (Lipinski definition) is 6. The summed E-state index contributed by atoms with van der Waals surface area (Å²) in [4.78, 5) is 31.6. The summed E-state index contributed by atoms with van der Waals surface area (Å²) in [5.41, 5.74) is 2.02. The largest absolute Gasteiger partial charge is 0.493 e. The minimum absolute atomic E-state index is 0.207. The van der Waals surface area contributed by atoms with Gasteiger partial charge in [-0.15, -0.1) is 0 Å². The number of aromatic nitrogens is 1. The number of carbonyl (C=O) groups is 2. The lowest BCUT2D eigenvalue weighted by molar-refractivity contribution is -0.118. The lowest BCUT2D eigenvalue weighted by Crippen LogP contribution is -2.38. The molecule has 0 spiro atoms. The third-order valence-corrected chi connectivity index (χ3v) is 6.73. The van der Waals surface area contributed by atoms with Gasteiger partial charge in [0.1, 0.15) is 0 Å². The van der Waals surface area contributed by atoms with E-state index in [-0.39, 0.29) is 18.3 Å². The number of nitrogens with zero attached hydrogens (tertiary/aromatic N) is 2. The molecule has 0 aliphatic carbocycles. The molecule has 2 heterocycles. The summed E-state index contributed by atoms with van der Waals surface area (Å²) in [7, 11) is 1.49. The Labute approximate surface area is 225 Å². The number of benzene rings is 2. The van der Waals surface area contributed by atoms with Gasteiger partial charge in [0.2, 0.25) is 0 Å². The zero-order chi connectivity index (χ0) is 26.2. The number of pyridine rings is 1. The van der Waals surface area contributed by atoms with Crippen molar-refractivity contribution in [1.29, 1.82) is 0 Å². The van der Waals surface area contributed by atoms with Crippen LogP contribution in [0.1, 0.15) is 23.2 Å². The first kappa shape index (κ1) is 26.6. The van der Waals surface area contributed by atoms with E-state index < -0.39 is 5.91 Å². The fourth-order valence-corrected chi connectivity index (χ4v) is 4.60. The molecule has 0 atom stereocenters. The standard InChI is InChI=1S/C27H28Cl2N4O4/c1-36-24-5-2-19(14-25(24)37-17-26(34)32-23-4-3-20(28)15-22(23)29)27(35)31-16-18-8-12-33(13-9-18)21-6-10-30-11-7-21/h2-7,10-11,14-15,18H,8-9,12-13,16-17H2,1H3,(H,31,35)(H,32,34). The molecule has 2 N–H and O–H groups in total.